The number of amides is 2. The smallest absolute Gasteiger partial charge is 0.251 e. The second-order valence-corrected chi connectivity index (χ2v) is 6.98. The van der Waals surface area contributed by atoms with Crippen LogP contribution in [0.15, 0.2) is 84.9 Å². The molecule has 0 aliphatic heterocycles. The van der Waals surface area contributed by atoms with Crippen molar-refractivity contribution in [2.24, 2.45) is 0 Å². The normalized spacial score (nSPS) is 11.5. The maximum absolute atomic E-state index is 13.1. The summed E-state index contributed by atoms with van der Waals surface area (Å²) < 4.78 is 0. The number of hydrogen-bond donors (Lipinski definition) is 2. The van der Waals surface area contributed by atoms with E-state index < -0.39 is 6.04 Å². The van der Waals surface area contributed by atoms with Crippen molar-refractivity contribution in [3.63, 3.8) is 0 Å². The van der Waals surface area contributed by atoms with Crippen molar-refractivity contribution in [1.82, 2.24) is 5.32 Å². The summed E-state index contributed by atoms with van der Waals surface area (Å²) in [4.78, 5) is 25.8. The Kier molecular flexibility index (Phi) is 7.17. The van der Waals surface area contributed by atoms with Gasteiger partial charge in [0.15, 0.2) is 0 Å². The molecule has 0 aliphatic rings. The number of benzene rings is 3. The van der Waals surface area contributed by atoms with Crippen LogP contribution in [-0.4, -0.2) is 17.9 Å². The summed E-state index contributed by atoms with van der Waals surface area (Å²) in [5.41, 5.74) is 3.41. The molecule has 29 heavy (non-hydrogen) atoms. The van der Waals surface area contributed by atoms with Gasteiger partial charge in [-0.25, -0.2) is 0 Å². The Balaban J connectivity index is 1.80. The molecule has 0 aromatic heterocycles. The van der Waals surface area contributed by atoms with Crippen LogP contribution in [0.4, 0.5) is 5.69 Å². The van der Waals surface area contributed by atoms with Gasteiger partial charge in [-0.15, -0.1) is 0 Å². The van der Waals surface area contributed by atoms with Crippen LogP contribution in [0.3, 0.4) is 0 Å². The lowest BCUT2D eigenvalue weighted by atomic mass is 10.0. The van der Waals surface area contributed by atoms with Crippen LogP contribution in [-0.2, 0) is 17.6 Å². The first kappa shape index (κ1) is 20.3. The lowest BCUT2D eigenvalue weighted by molar-refractivity contribution is -0.118. The third-order valence-corrected chi connectivity index (χ3v) is 4.74. The van der Waals surface area contributed by atoms with Gasteiger partial charge in [-0.3, -0.25) is 9.59 Å². The van der Waals surface area contributed by atoms with Crippen LogP contribution in [0.5, 0.6) is 0 Å². The molecule has 3 aromatic carbocycles. The van der Waals surface area contributed by atoms with Gasteiger partial charge < -0.3 is 10.6 Å². The summed E-state index contributed by atoms with van der Waals surface area (Å²) in [7, 11) is 0. The Hall–Kier alpha value is -3.40. The van der Waals surface area contributed by atoms with Crippen LogP contribution in [0, 0.1) is 0 Å². The van der Waals surface area contributed by atoms with Gasteiger partial charge in [0.2, 0.25) is 5.91 Å². The van der Waals surface area contributed by atoms with Gasteiger partial charge in [-0.2, -0.15) is 0 Å². The second kappa shape index (κ2) is 10.2. The molecule has 0 saturated heterocycles. The fourth-order valence-corrected chi connectivity index (χ4v) is 3.24. The molecule has 0 aliphatic carbocycles. The number of hydrogen-bond acceptors (Lipinski definition) is 2. The van der Waals surface area contributed by atoms with E-state index in [0.717, 1.165) is 29.7 Å². The zero-order valence-corrected chi connectivity index (χ0v) is 16.6. The van der Waals surface area contributed by atoms with Gasteiger partial charge in [0.1, 0.15) is 6.04 Å². The molecule has 1 atom stereocenters. The number of nitrogens with one attached hydrogen (secondary N) is 2. The summed E-state index contributed by atoms with van der Waals surface area (Å²) in [6, 6.07) is 25.8. The molecule has 0 radical (unpaired) electrons. The minimum Gasteiger partial charge on any atom is -0.340 e. The van der Waals surface area contributed by atoms with Gasteiger partial charge in [-0.05, 0) is 35.7 Å². The summed E-state index contributed by atoms with van der Waals surface area (Å²) in [6.45, 7) is 2.11. The van der Waals surface area contributed by atoms with Crippen LogP contribution in [0.2, 0.25) is 0 Å². The van der Waals surface area contributed by atoms with Crippen molar-refractivity contribution in [3.05, 3.63) is 102 Å². The van der Waals surface area contributed by atoms with E-state index in [1.165, 1.54) is 0 Å². The van der Waals surface area contributed by atoms with Crippen LogP contribution in [0.25, 0.3) is 0 Å². The number of carbonyl (C=O) groups is 2. The van der Waals surface area contributed by atoms with Gasteiger partial charge in [0.05, 0.1) is 0 Å². The highest BCUT2D eigenvalue weighted by atomic mass is 16.2. The van der Waals surface area contributed by atoms with E-state index in [4.69, 9.17) is 0 Å². The first-order chi connectivity index (χ1) is 14.2. The highest BCUT2D eigenvalue weighted by molar-refractivity contribution is 6.01. The molecule has 2 amide bonds. The van der Waals surface area contributed by atoms with Crippen molar-refractivity contribution in [2.75, 3.05) is 5.32 Å². The van der Waals surface area contributed by atoms with Crippen molar-refractivity contribution in [3.8, 4) is 0 Å². The molecule has 4 heteroatoms. The van der Waals surface area contributed by atoms with E-state index in [9.17, 15) is 9.59 Å². The summed E-state index contributed by atoms with van der Waals surface area (Å²) in [5, 5.41) is 5.92. The minimum absolute atomic E-state index is 0.221. The van der Waals surface area contributed by atoms with Crippen molar-refractivity contribution < 1.29 is 9.59 Å². The first-order valence-corrected chi connectivity index (χ1v) is 9.96. The van der Waals surface area contributed by atoms with Crippen LogP contribution in [0.1, 0.15) is 34.8 Å². The molecule has 3 rings (SSSR count). The predicted molar refractivity (Wildman–Crippen MR) is 117 cm³/mol. The van der Waals surface area contributed by atoms with Gasteiger partial charge >= 0.3 is 0 Å². The number of carbonyl (C=O) groups excluding carboxylic acids is 2. The quantitative estimate of drug-likeness (QED) is 0.593. The largest absolute Gasteiger partial charge is 0.340 e. The fraction of sp³-hybridized carbons (Fsp3) is 0.200. The fourth-order valence-electron chi connectivity index (χ4n) is 3.24. The van der Waals surface area contributed by atoms with E-state index in [0.29, 0.717) is 12.0 Å². The molecule has 2 N–H and O–H groups in total. The molecule has 0 saturated carbocycles. The Bertz CT molecular complexity index is 939. The minimum atomic E-state index is -0.681. The van der Waals surface area contributed by atoms with Crippen LogP contribution >= 0.6 is 0 Å². The third kappa shape index (κ3) is 5.79. The zero-order chi connectivity index (χ0) is 20.5. The number of rotatable bonds is 8. The molecule has 1 unspecified atom stereocenters. The van der Waals surface area contributed by atoms with Crippen LogP contribution < -0.4 is 10.6 Å². The monoisotopic (exact) mass is 386 g/mol. The first-order valence-electron chi connectivity index (χ1n) is 9.96. The molecule has 148 valence electrons. The third-order valence-electron chi connectivity index (χ3n) is 4.74. The lowest BCUT2D eigenvalue weighted by Gasteiger charge is -2.20. The van der Waals surface area contributed by atoms with E-state index in [1.54, 1.807) is 12.1 Å². The standard InChI is InChI=1S/C25H26N2O2/c1-2-11-20-14-9-10-17-22(20)26-25(29)23(18-19-12-5-3-6-13-19)27-24(28)21-15-7-4-8-16-21/h3-10,12-17,23H,2,11,18H2,1H3,(H,26,29)(H,27,28). The van der Waals surface area contributed by atoms with Gasteiger partial charge in [0.25, 0.3) is 5.91 Å². The summed E-state index contributed by atoms with van der Waals surface area (Å²) in [5.74, 6) is -0.481. The molecule has 0 spiro atoms. The maximum atomic E-state index is 13.1. The molecule has 0 heterocycles. The Morgan fingerprint density at radius 2 is 1.45 bits per heavy atom. The summed E-state index contributed by atoms with van der Waals surface area (Å²) in [6.07, 6.45) is 2.29. The average molecular weight is 386 g/mol. The van der Waals surface area contributed by atoms with Crippen molar-refractivity contribution in [1.29, 1.82) is 0 Å². The Morgan fingerprint density at radius 1 is 0.828 bits per heavy atom. The predicted octanol–water partition coefficient (Wildman–Crippen LogP) is 4.62. The maximum Gasteiger partial charge on any atom is 0.251 e. The number of para-hydroxylation sites is 1. The van der Waals surface area contributed by atoms with E-state index in [-0.39, 0.29) is 11.8 Å². The molecular formula is C25H26N2O2. The van der Waals surface area contributed by atoms with E-state index in [2.05, 4.69) is 17.6 Å². The van der Waals surface area contributed by atoms with Crippen molar-refractivity contribution >= 4 is 17.5 Å². The number of anilines is 1. The average Bonchev–Trinajstić information content (AvgIpc) is 2.76. The van der Waals surface area contributed by atoms with E-state index in [1.807, 2.05) is 72.8 Å². The molecule has 0 fully saturated rings. The van der Waals surface area contributed by atoms with Gasteiger partial charge in [-0.1, -0.05) is 80.1 Å². The molecular weight excluding hydrogens is 360 g/mol. The Morgan fingerprint density at radius 3 is 2.14 bits per heavy atom. The SMILES string of the molecule is CCCc1ccccc1NC(=O)C(Cc1ccccc1)NC(=O)c1ccccc1. The number of aryl methyl sites for hydroxylation is 1. The topological polar surface area (TPSA) is 58.2 Å². The molecule has 0 bridgehead atoms. The van der Waals surface area contributed by atoms with Crippen molar-refractivity contribution in [2.45, 2.75) is 32.2 Å². The van der Waals surface area contributed by atoms with E-state index >= 15 is 0 Å². The second-order valence-electron chi connectivity index (χ2n) is 6.98. The molecule has 4 nitrogen and oxygen atoms in total. The lowest BCUT2D eigenvalue weighted by Crippen LogP contribution is -2.45. The Labute approximate surface area is 172 Å². The highest BCUT2D eigenvalue weighted by Crippen LogP contribution is 2.18. The summed E-state index contributed by atoms with van der Waals surface area (Å²) >= 11 is 0. The zero-order valence-electron chi connectivity index (χ0n) is 16.6. The highest BCUT2D eigenvalue weighted by Gasteiger charge is 2.22. The molecule has 3 aromatic rings. The van der Waals surface area contributed by atoms with Gasteiger partial charge in [0, 0.05) is 17.7 Å².